The maximum atomic E-state index is 13.7. The predicted molar refractivity (Wildman–Crippen MR) is 64.1 cm³/mol. The van der Waals surface area contributed by atoms with Crippen LogP contribution in [0, 0.1) is 12.8 Å². The van der Waals surface area contributed by atoms with Gasteiger partial charge < -0.3 is 0 Å². The summed E-state index contributed by atoms with van der Waals surface area (Å²) in [6.45, 7) is 5.39. The number of halogens is 5. The van der Waals surface area contributed by atoms with E-state index in [1.165, 1.54) is 6.92 Å². The Bertz CT molecular complexity index is 430. The van der Waals surface area contributed by atoms with Crippen LogP contribution < -0.4 is 0 Å². The molecule has 0 radical (unpaired) electrons. The lowest BCUT2D eigenvalue weighted by atomic mass is 9.99. The molecule has 0 aliphatic heterocycles. The van der Waals surface area contributed by atoms with Crippen LogP contribution in [0.15, 0.2) is 18.2 Å². The van der Waals surface area contributed by atoms with Gasteiger partial charge in [0.05, 0.1) is 5.56 Å². The van der Waals surface area contributed by atoms with Crippen LogP contribution in [0.1, 0.15) is 43.4 Å². The lowest BCUT2D eigenvalue weighted by molar-refractivity contribution is -0.137. The van der Waals surface area contributed by atoms with Crippen LogP contribution in [-0.2, 0) is 12.1 Å². The predicted octanol–water partition coefficient (Wildman–Crippen LogP) is 5.54. The van der Waals surface area contributed by atoms with Gasteiger partial charge in [-0.1, -0.05) is 25.5 Å². The normalized spacial score (nSPS) is 15.8. The van der Waals surface area contributed by atoms with Crippen LogP contribution in [0.3, 0.4) is 0 Å². The molecular formula is C14H17F5. The van der Waals surface area contributed by atoms with Gasteiger partial charge in [-0.3, -0.25) is 0 Å². The van der Waals surface area contributed by atoms with Crippen molar-refractivity contribution in [3.8, 4) is 0 Å². The first-order valence-electron chi connectivity index (χ1n) is 6.28. The topological polar surface area (TPSA) is 0 Å². The SMILES string of the molecule is CC.Cc1cc(C(F)(F)F)cc(C(F)(F)C2CC2)c1. The average molecular weight is 280 g/mol. The third-order valence-electron chi connectivity index (χ3n) is 2.88. The Morgan fingerprint density at radius 2 is 1.37 bits per heavy atom. The third-order valence-corrected chi connectivity index (χ3v) is 2.88. The van der Waals surface area contributed by atoms with Crippen LogP contribution in [0.5, 0.6) is 0 Å². The lowest BCUT2D eigenvalue weighted by Crippen LogP contribution is -2.18. The quantitative estimate of drug-likeness (QED) is 0.624. The van der Waals surface area contributed by atoms with E-state index in [9.17, 15) is 22.0 Å². The molecule has 1 fully saturated rings. The van der Waals surface area contributed by atoms with Gasteiger partial charge in [-0.25, -0.2) is 8.78 Å². The van der Waals surface area contributed by atoms with Crippen molar-refractivity contribution in [3.63, 3.8) is 0 Å². The van der Waals surface area contributed by atoms with Crippen molar-refractivity contribution in [2.75, 3.05) is 0 Å². The molecule has 1 aromatic carbocycles. The molecule has 1 aliphatic rings. The zero-order chi connectivity index (χ0) is 14.8. The number of rotatable bonds is 2. The summed E-state index contributed by atoms with van der Waals surface area (Å²) < 4.78 is 65.0. The van der Waals surface area contributed by atoms with Gasteiger partial charge in [0.2, 0.25) is 0 Å². The van der Waals surface area contributed by atoms with Gasteiger partial charge in [0.25, 0.3) is 5.92 Å². The van der Waals surface area contributed by atoms with Gasteiger partial charge in [-0.15, -0.1) is 0 Å². The highest BCUT2D eigenvalue weighted by Crippen LogP contribution is 2.50. The van der Waals surface area contributed by atoms with Crippen LogP contribution >= 0.6 is 0 Å². The molecule has 0 amide bonds. The highest BCUT2D eigenvalue weighted by Gasteiger charge is 2.48. The lowest BCUT2D eigenvalue weighted by Gasteiger charge is -2.18. The second-order valence-corrected chi connectivity index (χ2v) is 4.48. The Kier molecular flexibility index (Phi) is 4.59. The largest absolute Gasteiger partial charge is 0.416 e. The molecule has 0 unspecified atom stereocenters. The summed E-state index contributed by atoms with van der Waals surface area (Å²) in [4.78, 5) is 0. The molecule has 19 heavy (non-hydrogen) atoms. The fraction of sp³-hybridized carbons (Fsp3) is 0.571. The summed E-state index contributed by atoms with van der Waals surface area (Å²) in [6.07, 6.45) is -3.83. The molecular weight excluding hydrogens is 263 g/mol. The zero-order valence-electron chi connectivity index (χ0n) is 11.1. The van der Waals surface area contributed by atoms with Gasteiger partial charge in [-0.05, 0) is 31.9 Å². The average Bonchev–Trinajstić information content (AvgIpc) is 3.13. The summed E-state index contributed by atoms with van der Waals surface area (Å²) >= 11 is 0. The third kappa shape index (κ3) is 3.67. The first kappa shape index (κ1) is 15.9. The van der Waals surface area contributed by atoms with Crippen molar-refractivity contribution in [1.82, 2.24) is 0 Å². The maximum absolute atomic E-state index is 13.7. The van der Waals surface area contributed by atoms with E-state index in [4.69, 9.17) is 0 Å². The molecule has 0 spiro atoms. The number of alkyl halides is 5. The monoisotopic (exact) mass is 280 g/mol. The minimum absolute atomic E-state index is 0.204. The van der Waals surface area contributed by atoms with Crippen LogP contribution in [0.2, 0.25) is 0 Å². The van der Waals surface area contributed by atoms with Crippen molar-refractivity contribution in [3.05, 3.63) is 34.9 Å². The highest BCUT2D eigenvalue weighted by molar-refractivity contribution is 5.34. The summed E-state index contributed by atoms with van der Waals surface area (Å²) in [6, 6.07) is 2.57. The minimum atomic E-state index is -4.58. The first-order chi connectivity index (χ1) is 8.71. The van der Waals surface area contributed by atoms with Crippen molar-refractivity contribution >= 4 is 0 Å². The number of benzene rings is 1. The van der Waals surface area contributed by atoms with Gasteiger partial charge >= 0.3 is 6.18 Å². The standard InChI is InChI=1S/C12H11F5.C2H6/c1-7-4-9(11(13,14)8-2-3-8)6-10(5-7)12(15,16)17;1-2/h4-6,8H,2-3H2,1H3;1-2H3. The Balaban J connectivity index is 0.000000861. The molecule has 2 rings (SSSR count). The summed E-state index contributed by atoms with van der Waals surface area (Å²) in [5.74, 6) is -3.95. The Labute approximate surface area is 109 Å². The highest BCUT2D eigenvalue weighted by atomic mass is 19.4. The molecule has 108 valence electrons. The summed E-state index contributed by atoms with van der Waals surface area (Å²) in [5, 5.41) is 0. The molecule has 1 aliphatic carbocycles. The van der Waals surface area contributed by atoms with E-state index in [-0.39, 0.29) is 5.56 Å². The molecule has 0 saturated heterocycles. The van der Waals surface area contributed by atoms with E-state index in [0.29, 0.717) is 18.9 Å². The van der Waals surface area contributed by atoms with E-state index in [1.807, 2.05) is 13.8 Å². The maximum Gasteiger partial charge on any atom is 0.416 e. The fourth-order valence-electron chi connectivity index (χ4n) is 1.82. The van der Waals surface area contributed by atoms with Crippen LogP contribution in [0.25, 0.3) is 0 Å². The molecule has 0 nitrogen and oxygen atoms in total. The molecule has 0 N–H and O–H groups in total. The van der Waals surface area contributed by atoms with E-state index in [2.05, 4.69) is 0 Å². The number of aryl methyl sites for hydroxylation is 1. The Morgan fingerprint density at radius 1 is 0.895 bits per heavy atom. The van der Waals surface area contributed by atoms with Gasteiger partial charge in [0.15, 0.2) is 0 Å². The molecule has 1 aromatic rings. The van der Waals surface area contributed by atoms with E-state index in [0.717, 1.165) is 12.1 Å². The molecule has 0 bridgehead atoms. The van der Waals surface area contributed by atoms with Crippen molar-refractivity contribution in [2.24, 2.45) is 5.92 Å². The second kappa shape index (κ2) is 5.47. The van der Waals surface area contributed by atoms with E-state index >= 15 is 0 Å². The molecule has 1 saturated carbocycles. The van der Waals surface area contributed by atoms with E-state index < -0.39 is 29.1 Å². The first-order valence-corrected chi connectivity index (χ1v) is 6.28. The van der Waals surface area contributed by atoms with Gasteiger partial charge in [-0.2, -0.15) is 13.2 Å². The van der Waals surface area contributed by atoms with E-state index in [1.54, 1.807) is 0 Å². The van der Waals surface area contributed by atoms with Crippen molar-refractivity contribution in [2.45, 2.75) is 45.7 Å². The van der Waals surface area contributed by atoms with Crippen LogP contribution in [0.4, 0.5) is 22.0 Å². The fourth-order valence-corrected chi connectivity index (χ4v) is 1.82. The van der Waals surface area contributed by atoms with Gasteiger partial charge in [0.1, 0.15) is 0 Å². The smallest absolute Gasteiger partial charge is 0.201 e. The Hall–Kier alpha value is -1.13. The molecule has 0 atom stereocenters. The second-order valence-electron chi connectivity index (χ2n) is 4.48. The Morgan fingerprint density at radius 3 is 1.79 bits per heavy atom. The summed E-state index contributed by atoms with van der Waals surface area (Å²) in [5.41, 5.74) is -1.32. The molecule has 5 heteroatoms. The minimum Gasteiger partial charge on any atom is -0.201 e. The number of hydrogen-bond acceptors (Lipinski definition) is 0. The van der Waals surface area contributed by atoms with Crippen molar-refractivity contribution < 1.29 is 22.0 Å². The molecule has 0 aromatic heterocycles. The van der Waals surface area contributed by atoms with Gasteiger partial charge in [0, 0.05) is 11.5 Å². The zero-order valence-corrected chi connectivity index (χ0v) is 11.1. The molecule has 0 heterocycles. The number of hydrogen-bond donors (Lipinski definition) is 0. The van der Waals surface area contributed by atoms with Crippen LogP contribution in [-0.4, -0.2) is 0 Å². The summed E-state index contributed by atoms with van der Waals surface area (Å²) in [7, 11) is 0. The van der Waals surface area contributed by atoms with Crippen molar-refractivity contribution in [1.29, 1.82) is 0 Å².